The Morgan fingerprint density at radius 3 is 2.24 bits per heavy atom. The Morgan fingerprint density at radius 1 is 1.24 bits per heavy atom. The van der Waals surface area contributed by atoms with Gasteiger partial charge in [0.2, 0.25) is 11.8 Å². The van der Waals surface area contributed by atoms with Crippen LogP contribution in [0.4, 0.5) is 5.69 Å². The smallest absolute Gasteiger partial charge is 0.243 e. The fourth-order valence-electron chi connectivity index (χ4n) is 2.80. The first-order chi connectivity index (χ1) is 9.79. The van der Waals surface area contributed by atoms with Crippen molar-refractivity contribution in [1.29, 1.82) is 0 Å². The van der Waals surface area contributed by atoms with Crippen molar-refractivity contribution in [2.24, 2.45) is 11.8 Å². The molecule has 0 spiro atoms. The molecular weight excluding hydrogens is 264 g/mol. The van der Waals surface area contributed by atoms with Crippen LogP contribution in [0.25, 0.3) is 0 Å². The van der Waals surface area contributed by atoms with Crippen LogP contribution in [0.5, 0.6) is 0 Å². The SMILES string of the molecule is Cc1cc(C)c(NC(=O)CN(C)C(=O)[C@@H]2C[C@H]2C)c(C)c1. The molecule has 1 aliphatic rings. The predicted octanol–water partition coefficient (Wildman–Crippen LogP) is 2.66. The third-order valence-electron chi connectivity index (χ3n) is 4.13. The number of rotatable bonds is 4. The highest BCUT2D eigenvalue weighted by molar-refractivity contribution is 5.96. The number of benzene rings is 1. The number of hydrogen-bond donors (Lipinski definition) is 1. The van der Waals surface area contributed by atoms with Crippen LogP contribution in [-0.4, -0.2) is 30.3 Å². The molecule has 0 radical (unpaired) electrons. The number of carbonyl (C=O) groups excluding carboxylic acids is 2. The normalized spacial score (nSPS) is 20.0. The lowest BCUT2D eigenvalue weighted by Gasteiger charge is -2.18. The van der Waals surface area contributed by atoms with Gasteiger partial charge in [-0.2, -0.15) is 0 Å². The Hall–Kier alpha value is -1.84. The number of anilines is 1. The van der Waals surface area contributed by atoms with E-state index in [-0.39, 0.29) is 24.3 Å². The third-order valence-corrected chi connectivity index (χ3v) is 4.13. The highest BCUT2D eigenvalue weighted by Gasteiger charge is 2.40. The largest absolute Gasteiger partial charge is 0.336 e. The zero-order valence-corrected chi connectivity index (χ0v) is 13.5. The molecule has 0 aliphatic heterocycles. The summed E-state index contributed by atoms with van der Waals surface area (Å²) in [7, 11) is 1.70. The quantitative estimate of drug-likeness (QED) is 0.926. The van der Waals surface area contributed by atoms with Gasteiger partial charge in [-0.05, 0) is 44.2 Å². The molecule has 1 saturated carbocycles. The molecule has 2 rings (SSSR count). The molecule has 0 saturated heterocycles. The minimum absolute atomic E-state index is 0.0787. The summed E-state index contributed by atoms with van der Waals surface area (Å²) in [6.45, 7) is 8.17. The second-order valence-corrected chi connectivity index (χ2v) is 6.34. The van der Waals surface area contributed by atoms with Crippen molar-refractivity contribution in [3.8, 4) is 0 Å². The monoisotopic (exact) mass is 288 g/mol. The fourth-order valence-corrected chi connectivity index (χ4v) is 2.80. The van der Waals surface area contributed by atoms with E-state index in [9.17, 15) is 9.59 Å². The summed E-state index contributed by atoms with van der Waals surface area (Å²) in [6.07, 6.45) is 0.945. The van der Waals surface area contributed by atoms with Crippen LogP contribution in [0.15, 0.2) is 12.1 Å². The third kappa shape index (κ3) is 3.63. The number of carbonyl (C=O) groups is 2. The zero-order chi connectivity index (χ0) is 15.7. The van der Waals surface area contributed by atoms with Gasteiger partial charge in [0.25, 0.3) is 0 Å². The topological polar surface area (TPSA) is 49.4 Å². The summed E-state index contributed by atoms with van der Waals surface area (Å²) in [6, 6.07) is 4.09. The van der Waals surface area contributed by atoms with Gasteiger partial charge in [-0.25, -0.2) is 0 Å². The number of amides is 2. The van der Waals surface area contributed by atoms with Gasteiger partial charge in [-0.1, -0.05) is 24.6 Å². The Balaban J connectivity index is 1.97. The van der Waals surface area contributed by atoms with E-state index >= 15 is 0 Å². The fraction of sp³-hybridized carbons (Fsp3) is 0.529. The van der Waals surface area contributed by atoms with Crippen molar-refractivity contribution in [3.63, 3.8) is 0 Å². The van der Waals surface area contributed by atoms with E-state index in [1.54, 1.807) is 7.05 Å². The lowest BCUT2D eigenvalue weighted by molar-refractivity contribution is -0.134. The first-order valence-corrected chi connectivity index (χ1v) is 7.42. The van der Waals surface area contributed by atoms with E-state index < -0.39 is 0 Å². The zero-order valence-electron chi connectivity index (χ0n) is 13.5. The predicted molar refractivity (Wildman–Crippen MR) is 84.2 cm³/mol. The minimum Gasteiger partial charge on any atom is -0.336 e. The van der Waals surface area contributed by atoms with E-state index in [0.29, 0.717) is 5.92 Å². The molecule has 1 N–H and O–H groups in total. The molecule has 0 heterocycles. The van der Waals surface area contributed by atoms with Gasteiger partial charge in [-0.15, -0.1) is 0 Å². The van der Waals surface area contributed by atoms with Crippen molar-refractivity contribution in [2.45, 2.75) is 34.1 Å². The van der Waals surface area contributed by atoms with E-state index in [4.69, 9.17) is 0 Å². The van der Waals surface area contributed by atoms with Crippen LogP contribution in [0.3, 0.4) is 0 Å². The van der Waals surface area contributed by atoms with E-state index in [1.807, 2.05) is 32.9 Å². The summed E-state index contributed by atoms with van der Waals surface area (Å²) in [5.41, 5.74) is 4.13. The van der Waals surface area contributed by atoms with Gasteiger partial charge < -0.3 is 10.2 Å². The first kappa shape index (κ1) is 15.5. The van der Waals surface area contributed by atoms with Gasteiger partial charge in [0.05, 0.1) is 6.54 Å². The summed E-state index contributed by atoms with van der Waals surface area (Å²) in [5.74, 6) is 0.513. The summed E-state index contributed by atoms with van der Waals surface area (Å²) in [4.78, 5) is 25.7. The lowest BCUT2D eigenvalue weighted by atomic mass is 10.1. The standard InChI is InChI=1S/C17H24N2O2/c1-10-6-12(3)16(13(4)7-10)18-15(20)9-19(5)17(21)14-8-11(14)2/h6-7,11,14H,8-9H2,1-5H3,(H,18,20)/t11-,14-/m1/s1. The van der Waals surface area contributed by atoms with Gasteiger partial charge >= 0.3 is 0 Å². The molecule has 0 unspecified atom stereocenters. The maximum Gasteiger partial charge on any atom is 0.243 e. The van der Waals surface area contributed by atoms with Crippen LogP contribution in [0, 0.1) is 32.6 Å². The molecule has 1 aromatic carbocycles. The summed E-state index contributed by atoms with van der Waals surface area (Å²) < 4.78 is 0. The van der Waals surface area contributed by atoms with Crippen molar-refractivity contribution >= 4 is 17.5 Å². The number of hydrogen-bond acceptors (Lipinski definition) is 2. The maximum absolute atomic E-state index is 12.1. The van der Waals surface area contributed by atoms with Crippen molar-refractivity contribution in [1.82, 2.24) is 4.90 Å². The molecule has 1 fully saturated rings. The molecule has 2 amide bonds. The molecule has 1 aromatic rings. The Morgan fingerprint density at radius 2 is 1.76 bits per heavy atom. The number of nitrogens with zero attached hydrogens (tertiary/aromatic N) is 1. The molecule has 4 nitrogen and oxygen atoms in total. The number of nitrogens with one attached hydrogen (secondary N) is 1. The van der Waals surface area contributed by atoms with Gasteiger partial charge in [0.15, 0.2) is 0 Å². The Bertz CT molecular complexity index is 557. The highest BCUT2D eigenvalue weighted by Crippen LogP contribution is 2.38. The molecule has 4 heteroatoms. The van der Waals surface area contributed by atoms with E-state index in [1.165, 1.54) is 10.5 Å². The van der Waals surface area contributed by atoms with Crippen LogP contribution >= 0.6 is 0 Å². The number of likely N-dealkylation sites (N-methyl/N-ethyl adjacent to an activating group) is 1. The van der Waals surface area contributed by atoms with Crippen LogP contribution in [0.1, 0.15) is 30.0 Å². The minimum atomic E-state index is -0.144. The van der Waals surface area contributed by atoms with Gasteiger partial charge in [-0.3, -0.25) is 9.59 Å². The average Bonchev–Trinajstić information content (AvgIpc) is 3.09. The Labute approximate surface area is 126 Å². The van der Waals surface area contributed by atoms with Crippen molar-refractivity contribution < 1.29 is 9.59 Å². The molecular formula is C17H24N2O2. The van der Waals surface area contributed by atoms with E-state index in [2.05, 4.69) is 12.2 Å². The number of aryl methyl sites for hydroxylation is 3. The molecule has 1 aliphatic carbocycles. The first-order valence-electron chi connectivity index (χ1n) is 7.42. The van der Waals surface area contributed by atoms with Crippen molar-refractivity contribution in [3.05, 3.63) is 28.8 Å². The summed E-state index contributed by atoms with van der Waals surface area (Å²) >= 11 is 0. The molecule has 0 aromatic heterocycles. The van der Waals surface area contributed by atoms with Crippen LogP contribution < -0.4 is 5.32 Å². The molecule has 0 bridgehead atoms. The van der Waals surface area contributed by atoms with Gasteiger partial charge in [0, 0.05) is 18.7 Å². The van der Waals surface area contributed by atoms with Crippen molar-refractivity contribution in [2.75, 3.05) is 18.9 Å². The van der Waals surface area contributed by atoms with E-state index in [0.717, 1.165) is 23.2 Å². The van der Waals surface area contributed by atoms with Gasteiger partial charge in [0.1, 0.15) is 0 Å². The average molecular weight is 288 g/mol. The summed E-state index contributed by atoms with van der Waals surface area (Å²) in [5, 5.41) is 2.93. The maximum atomic E-state index is 12.1. The highest BCUT2D eigenvalue weighted by atomic mass is 16.2. The van der Waals surface area contributed by atoms with Crippen LogP contribution in [0.2, 0.25) is 0 Å². The molecule has 114 valence electrons. The second-order valence-electron chi connectivity index (χ2n) is 6.34. The molecule has 2 atom stereocenters. The molecule has 21 heavy (non-hydrogen) atoms. The van der Waals surface area contributed by atoms with Crippen LogP contribution in [-0.2, 0) is 9.59 Å². The second kappa shape index (κ2) is 5.88. The Kier molecular flexibility index (Phi) is 4.35. The lowest BCUT2D eigenvalue weighted by Crippen LogP contribution is -2.36.